The smallest absolute Gasteiger partial charge is 0.0534 e. The zero-order valence-electron chi connectivity index (χ0n) is 13.6. The fourth-order valence-electron chi connectivity index (χ4n) is 3.12. The Bertz CT molecular complexity index is 605. The molecule has 0 radical (unpaired) electrons. The van der Waals surface area contributed by atoms with Crippen molar-refractivity contribution in [2.45, 2.75) is 45.9 Å². The van der Waals surface area contributed by atoms with Gasteiger partial charge in [0.15, 0.2) is 0 Å². The van der Waals surface area contributed by atoms with E-state index in [1.807, 2.05) is 10.9 Å². The standard InChI is InChI=1S/C18H26N4/c1-3-22-13-16(11-20-22)10-19-15(2)12-21-9-8-17-6-4-5-7-18(17)14-21/h4-7,11,13,15,19H,3,8-10,12,14H2,1-2H3/t15-/m1/s1. The van der Waals surface area contributed by atoms with Gasteiger partial charge in [0, 0.05) is 50.5 Å². The van der Waals surface area contributed by atoms with Gasteiger partial charge in [0.25, 0.3) is 0 Å². The minimum absolute atomic E-state index is 0.482. The minimum Gasteiger partial charge on any atom is -0.309 e. The number of rotatable bonds is 6. The first-order chi connectivity index (χ1) is 10.7. The van der Waals surface area contributed by atoms with E-state index in [2.05, 4.69) is 59.6 Å². The van der Waals surface area contributed by atoms with Crippen LogP contribution in [0.1, 0.15) is 30.5 Å². The average Bonchev–Trinajstić information content (AvgIpc) is 3.01. The fraction of sp³-hybridized carbons (Fsp3) is 0.500. The van der Waals surface area contributed by atoms with E-state index < -0.39 is 0 Å². The zero-order valence-corrected chi connectivity index (χ0v) is 13.6. The molecule has 1 atom stereocenters. The maximum absolute atomic E-state index is 4.32. The Hall–Kier alpha value is -1.65. The first kappa shape index (κ1) is 15.3. The van der Waals surface area contributed by atoms with E-state index in [-0.39, 0.29) is 0 Å². The molecule has 0 saturated carbocycles. The van der Waals surface area contributed by atoms with Gasteiger partial charge in [-0.1, -0.05) is 24.3 Å². The van der Waals surface area contributed by atoms with Crippen molar-refractivity contribution in [2.75, 3.05) is 13.1 Å². The molecule has 2 aromatic rings. The summed E-state index contributed by atoms with van der Waals surface area (Å²) in [4.78, 5) is 2.55. The van der Waals surface area contributed by atoms with Crippen molar-refractivity contribution in [1.82, 2.24) is 20.0 Å². The monoisotopic (exact) mass is 298 g/mol. The Morgan fingerprint density at radius 2 is 2.09 bits per heavy atom. The molecule has 1 aromatic heterocycles. The quantitative estimate of drug-likeness (QED) is 0.889. The number of fused-ring (bicyclic) bond motifs is 1. The van der Waals surface area contributed by atoms with Crippen LogP contribution in [0.3, 0.4) is 0 Å². The first-order valence-electron chi connectivity index (χ1n) is 8.28. The lowest BCUT2D eigenvalue weighted by Crippen LogP contribution is -2.41. The Kier molecular flexibility index (Phi) is 4.90. The second kappa shape index (κ2) is 7.07. The highest BCUT2D eigenvalue weighted by molar-refractivity contribution is 5.29. The molecular formula is C18H26N4. The van der Waals surface area contributed by atoms with Crippen molar-refractivity contribution >= 4 is 0 Å². The predicted octanol–water partition coefficient (Wildman–Crippen LogP) is 2.44. The van der Waals surface area contributed by atoms with Crippen molar-refractivity contribution < 1.29 is 0 Å². The first-order valence-corrected chi connectivity index (χ1v) is 8.28. The largest absolute Gasteiger partial charge is 0.309 e. The van der Waals surface area contributed by atoms with Crippen molar-refractivity contribution in [3.8, 4) is 0 Å². The lowest BCUT2D eigenvalue weighted by atomic mass is 10.00. The summed E-state index contributed by atoms with van der Waals surface area (Å²) in [6.45, 7) is 9.54. The van der Waals surface area contributed by atoms with E-state index in [1.54, 1.807) is 0 Å². The third-order valence-electron chi connectivity index (χ3n) is 4.41. The molecule has 0 fully saturated rings. The molecular weight excluding hydrogens is 272 g/mol. The maximum Gasteiger partial charge on any atom is 0.0534 e. The number of benzene rings is 1. The maximum atomic E-state index is 4.32. The van der Waals surface area contributed by atoms with Gasteiger partial charge >= 0.3 is 0 Å². The fourth-order valence-corrected chi connectivity index (χ4v) is 3.12. The Morgan fingerprint density at radius 3 is 2.86 bits per heavy atom. The summed E-state index contributed by atoms with van der Waals surface area (Å²) in [5.41, 5.74) is 4.27. The molecule has 4 nitrogen and oxygen atoms in total. The molecule has 0 saturated heterocycles. The molecule has 0 unspecified atom stereocenters. The van der Waals surface area contributed by atoms with Gasteiger partial charge in [-0.15, -0.1) is 0 Å². The van der Waals surface area contributed by atoms with Crippen molar-refractivity contribution in [2.24, 2.45) is 0 Å². The zero-order chi connectivity index (χ0) is 15.4. The van der Waals surface area contributed by atoms with Crippen LogP contribution in [0.2, 0.25) is 0 Å². The van der Waals surface area contributed by atoms with E-state index >= 15 is 0 Å². The Labute approximate surface area is 133 Å². The molecule has 1 aliphatic rings. The van der Waals surface area contributed by atoms with Gasteiger partial charge in [-0.05, 0) is 31.4 Å². The van der Waals surface area contributed by atoms with Crippen LogP contribution >= 0.6 is 0 Å². The summed E-state index contributed by atoms with van der Waals surface area (Å²) in [5.74, 6) is 0. The van der Waals surface area contributed by atoms with Crippen LogP contribution in [-0.2, 0) is 26.1 Å². The Balaban J connectivity index is 1.47. The predicted molar refractivity (Wildman–Crippen MR) is 89.6 cm³/mol. The van der Waals surface area contributed by atoms with Crippen LogP contribution < -0.4 is 5.32 Å². The summed E-state index contributed by atoms with van der Waals surface area (Å²) in [6.07, 6.45) is 5.25. The highest BCUT2D eigenvalue weighted by Crippen LogP contribution is 2.18. The summed E-state index contributed by atoms with van der Waals surface area (Å²) < 4.78 is 1.98. The molecule has 0 bridgehead atoms. The van der Waals surface area contributed by atoms with Gasteiger partial charge in [0.1, 0.15) is 0 Å². The van der Waals surface area contributed by atoms with Gasteiger partial charge in [0.05, 0.1) is 6.20 Å². The van der Waals surface area contributed by atoms with E-state index in [1.165, 1.54) is 23.1 Å². The molecule has 22 heavy (non-hydrogen) atoms. The topological polar surface area (TPSA) is 33.1 Å². The average molecular weight is 298 g/mol. The van der Waals surface area contributed by atoms with E-state index in [0.29, 0.717) is 6.04 Å². The molecule has 4 heteroatoms. The molecule has 1 N–H and O–H groups in total. The number of nitrogens with one attached hydrogen (secondary N) is 1. The van der Waals surface area contributed by atoms with Crippen LogP contribution in [0, 0.1) is 0 Å². The Morgan fingerprint density at radius 1 is 1.27 bits per heavy atom. The number of aromatic nitrogens is 2. The molecule has 3 rings (SSSR count). The van der Waals surface area contributed by atoms with Crippen molar-refractivity contribution in [1.29, 1.82) is 0 Å². The van der Waals surface area contributed by atoms with Crippen molar-refractivity contribution in [3.63, 3.8) is 0 Å². The highest BCUT2D eigenvalue weighted by Gasteiger charge is 2.17. The van der Waals surface area contributed by atoms with Gasteiger partial charge in [-0.2, -0.15) is 5.10 Å². The number of aryl methyl sites for hydroxylation is 1. The lowest BCUT2D eigenvalue weighted by molar-refractivity contribution is 0.229. The van der Waals surface area contributed by atoms with Gasteiger partial charge in [-0.25, -0.2) is 0 Å². The highest BCUT2D eigenvalue weighted by atomic mass is 15.3. The number of hydrogen-bond acceptors (Lipinski definition) is 3. The second-order valence-corrected chi connectivity index (χ2v) is 6.24. The van der Waals surface area contributed by atoms with E-state index in [0.717, 1.165) is 32.7 Å². The van der Waals surface area contributed by atoms with Crippen LogP contribution in [0.25, 0.3) is 0 Å². The normalized spacial score (nSPS) is 16.5. The summed E-state index contributed by atoms with van der Waals surface area (Å²) in [6, 6.07) is 9.30. The minimum atomic E-state index is 0.482. The van der Waals surface area contributed by atoms with E-state index in [9.17, 15) is 0 Å². The molecule has 0 spiro atoms. The van der Waals surface area contributed by atoms with Crippen LogP contribution in [0.5, 0.6) is 0 Å². The molecule has 1 aliphatic heterocycles. The van der Waals surface area contributed by atoms with Crippen LogP contribution in [0.4, 0.5) is 0 Å². The molecule has 0 amide bonds. The SMILES string of the molecule is CCn1cc(CN[C@H](C)CN2CCc3ccccc3C2)cn1. The number of hydrogen-bond donors (Lipinski definition) is 1. The van der Waals surface area contributed by atoms with Crippen LogP contribution in [-0.4, -0.2) is 33.8 Å². The molecule has 1 aromatic carbocycles. The summed E-state index contributed by atoms with van der Waals surface area (Å²) in [5, 5.41) is 7.93. The summed E-state index contributed by atoms with van der Waals surface area (Å²) >= 11 is 0. The molecule has 118 valence electrons. The molecule has 2 heterocycles. The summed E-state index contributed by atoms with van der Waals surface area (Å²) in [7, 11) is 0. The molecule has 0 aliphatic carbocycles. The lowest BCUT2D eigenvalue weighted by Gasteiger charge is -2.31. The second-order valence-electron chi connectivity index (χ2n) is 6.24. The van der Waals surface area contributed by atoms with Crippen LogP contribution in [0.15, 0.2) is 36.7 Å². The number of nitrogens with zero attached hydrogens (tertiary/aromatic N) is 3. The van der Waals surface area contributed by atoms with Gasteiger partial charge in [-0.3, -0.25) is 9.58 Å². The van der Waals surface area contributed by atoms with E-state index in [4.69, 9.17) is 0 Å². The van der Waals surface area contributed by atoms with Gasteiger partial charge < -0.3 is 5.32 Å². The third kappa shape index (κ3) is 3.76. The van der Waals surface area contributed by atoms with Crippen molar-refractivity contribution in [3.05, 3.63) is 53.3 Å². The third-order valence-corrected chi connectivity index (χ3v) is 4.41. The van der Waals surface area contributed by atoms with Gasteiger partial charge in [0.2, 0.25) is 0 Å².